The topological polar surface area (TPSA) is 35.9 Å². The van der Waals surface area contributed by atoms with E-state index < -0.39 is 0 Å². The highest BCUT2D eigenvalue weighted by molar-refractivity contribution is 4.79. The van der Waals surface area contributed by atoms with E-state index in [0.29, 0.717) is 12.6 Å². The first-order valence-electron chi connectivity index (χ1n) is 8.78. The van der Waals surface area contributed by atoms with E-state index >= 15 is 0 Å². The smallest absolute Gasteiger partial charge is 0.0593 e. The van der Waals surface area contributed by atoms with Crippen LogP contribution in [0.15, 0.2) is 0 Å². The van der Waals surface area contributed by atoms with Crippen LogP contribution in [0.4, 0.5) is 0 Å². The molecule has 0 aromatic heterocycles. The average Bonchev–Trinajstić information content (AvgIpc) is 2.46. The van der Waals surface area contributed by atoms with E-state index in [-0.39, 0.29) is 0 Å². The normalized spacial score (nSPS) is 21.3. The summed E-state index contributed by atoms with van der Waals surface area (Å²) in [6, 6.07) is 0.643. The lowest BCUT2D eigenvalue weighted by Crippen LogP contribution is -2.52. The highest BCUT2D eigenvalue weighted by atomic mass is 16.5. The molecular formula is C17H36N2O2. The number of nitrogens with zero attached hydrogens (tertiary/aromatic N) is 2. The molecule has 0 aromatic carbocycles. The van der Waals surface area contributed by atoms with Gasteiger partial charge in [-0.2, -0.15) is 0 Å². The van der Waals surface area contributed by atoms with Crippen molar-refractivity contribution < 1.29 is 9.84 Å². The van der Waals surface area contributed by atoms with E-state index in [9.17, 15) is 0 Å². The van der Waals surface area contributed by atoms with E-state index in [4.69, 9.17) is 9.84 Å². The average molecular weight is 300 g/mol. The van der Waals surface area contributed by atoms with Crippen molar-refractivity contribution in [3.63, 3.8) is 0 Å². The van der Waals surface area contributed by atoms with Gasteiger partial charge in [-0.3, -0.25) is 4.90 Å². The minimum absolute atomic E-state index is 0.304. The summed E-state index contributed by atoms with van der Waals surface area (Å²) >= 11 is 0. The minimum Gasteiger partial charge on any atom is -0.396 e. The number of hydrogen-bond acceptors (Lipinski definition) is 4. The number of aliphatic hydroxyl groups excluding tert-OH is 1. The molecule has 0 unspecified atom stereocenters. The molecule has 1 N–H and O–H groups in total. The maximum Gasteiger partial charge on any atom is 0.0593 e. The van der Waals surface area contributed by atoms with Gasteiger partial charge in [0.2, 0.25) is 0 Å². The molecule has 21 heavy (non-hydrogen) atoms. The Balaban J connectivity index is 2.04. The van der Waals surface area contributed by atoms with Crippen molar-refractivity contribution in [3.05, 3.63) is 0 Å². The fourth-order valence-electron chi connectivity index (χ4n) is 2.82. The molecule has 0 radical (unpaired) electrons. The first-order valence-corrected chi connectivity index (χ1v) is 8.78. The second-order valence-corrected chi connectivity index (χ2v) is 6.76. The summed E-state index contributed by atoms with van der Waals surface area (Å²) in [6.07, 6.45) is 4.35. The molecule has 126 valence electrons. The second-order valence-electron chi connectivity index (χ2n) is 6.76. The molecule has 1 rings (SSSR count). The Labute approximate surface area is 131 Å². The molecule has 0 spiro atoms. The second kappa shape index (κ2) is 11.4. The van der Waals surface area contributed by atoms with Crippen LogP contribution in [-0.4, -0.2) is 73.5 Å². The summed E-state index contributed by atoms with van der Waals surface area (Å²) in [7, 11) is 0. The maximum absolute atomic E-state index is 8.71. The van der Waals surface area contributed by atoms with Crippen LogP contribution in [0.25, 0.3) is 0 Å². The molecule has 0 amide bonds. The van der Waals surface area contributed by atoms with E-state index in [1.54, 1.807) is 0 Å². The van der Waals surface area contributed by atoms with Gasteiger partial charge in [-0.1, -0.05) is 13.8 Å². The standard InChI is InChI=1S/C17H36N2O2/c1-16(2)7-8-18-9-10-19(17(3)15-18)11-14-21-13-6-4-5-12-20/h16-17,20H,4-15H2,1-3H3/t17-/m0/s1. The fraction of sp³-hybridized carbons (Fsp3) is 1.00. The lowest BCUT2D eigenvalue weighted by molar-refractivity contribution is 0.0438. The Morgan fingerprint density at radius 1 is 1.10 bits per heavy atom. The minimum atomic E-state index is 0.304. The molecule has 1 saturated heterocycles. The Bertz CT molecular complexity index is 249. The van der Waals surface area contributed by atoms with Gasteiger partial charge in [-0.15, -0.1) is 0 Å². The number of piperazine rings is 1. The third-order valence-electron chi connectivity index (χ3n) is 4.34. The van der Waals surface area contributed by atoms with Crippen molar-refractivity contribution in [3.8, 4) is 0 Å². The molecule has 1 fully saturated rings. The van der Waals surface area contributed by atoms with E-state index in [1.807, 2.05) is 0 Å². The van der Waals surface area contributed by atoms with Crippen molar-refractivity contribution in [2.24, 2.45) is 5.92 Å². The van der Waals surface area contributed by atoms with Gasteiger partial charge in [0.1, 0.15) is 0 Å². The van der Waals surface area contributed by atoms with Crippen molar-refractivity contribution in [1.82, 2.24) is 9.80 Å². The summed E-state index contributed by atoms with van der Waals surface area (Å²) in [5.74, 6) is 0.803. The number of rotatable bonds is 11. The largest absolute Gasteiger partial charge is 0.396 e. The first kappa shape index (κ1) is 18.9. The van der Waals surface area contributed by atoms with Gasteiger partial charge in [0.25, 0.3) is 0 Å². The zero-order chi connectivity index (χ0) is 15.5. The van der Waals surface area contributed by atoms with Crippen LogP contribution in [0.3, 0.4) is 0 Å². The summed E-state index contributed by atoms with van der Waals surface area (Å²) < 4.78 is 5.70. The summed E-state index contributed by atoms with van der Waals surface area (Å²) in [5, 5.41) is 8.71. The highest BCUT2D eigenvalue weighted by Gasteiger charge is 2.22. The summed E-state index contributed by atoms with van der Waals surface area (Å²) in [4.78, 5) is 5.16. The Morgan fingerprint density at radius 2 is 1.90 bits per heavy atom. The Kier molecular flexibility index (Phi) is 10.3. The van der Waals surface area contributed by atoms with Crippen molar-refractivity contribution in [1.29, 1.82) is 0 Å². The van der Waals surface area contributed by atoms with Crippen LogP contribution >= 0.6 is 0 Å². The first-order chi connectivity index (χ1) is 10.1. The Hall–Kier alpha value is -0.160. The molecule has 1 aliphatic rings. The maximum atomic E-state index is 8.71. The summed E-state index contributed by atoms with van der Waals surface area (Å²) in [6.45, 7) is 14.8. The van der Waals surface area contributed by atoms with Gasteiger partial charge in [0.05, 0.1) is 6.61 Å². The molecule has 1 heterocycles. The number of unbranched alkanes of at least 4 members (excludes halogenated alkanes) is 2. The van der Waals surface area contributed by atoms with E-state index in [2.05, 4.69) is 30.6 Å². The van der Waals surface area contributed by atoms with E-state index in [1.165, 1.54) is 32.6 Å². The number of hydrogen-bond donors (Lipinski definition) is 1. The molecule has 1 atom stereocenters. The zero-order valence-electron chi connectivity index (χ0n) is 14.4. The van der Waals surface area contributed by atoms with Gasteiger partial charge in [-0.05, 0) is 45.1 Å². The summed E-state index contributed by atoms with van der Waals surface area (Å²) in [5.41, 5.74) is 0. The van der Waals surface area contributed by atoms with Crippen LogP contribution in [0.5, 0.6) is 0 Å². The van der Waals surface area contributed by atoms with Crippen LogP contribution < -0.4 is 0 Å². The number of ether oxygens (including phenoxy) is 1. The molecule has 1 aliphatic heterocycles. The fourth-order valence-corrected chi connectivity index (χ4v) is 2.82. The Morgan fingerprint density at radius 3 is 2.57 bits per heavy atom. The predicted molar refractivity (Wildman–Crippen MR) is 88.7 cm³/mol. The molecule has 0 bridgehead atoms. The van der Waals surface area contributed by atoms with Crippen molar-refractivity contribution in [2.45, 2.75) is 52.5 Å². The molecular weight excluding hydrogens is 264 g/mol. The van der Waals surface area contributed by atoms with E-state index in [0.717, 1.165) is 44.9 Å². The van der Waals surface area contributed by atoms with Gasteiger partial charge in [-0.25, -0.2) is 0 Å². The van der Waals surface area contributed by atoms with Gasteiger partial charge < -0.3 is 14.7 Å². The molecule has 0 saturated carbocycles. The van der Waals surface area contributed by atoms with Gasteiger partial charge in [0, 0.05) is 45.4 Å². The molecule has 4 heteroatoms. The lowest BCUT2D eigenvalue weighted by atomic mass is 10.1. The molecule has 0 aromatic rings. The van der Waals surface area contributed by atoms with Crippen molar-refractivity contribution >= 4 is 0 Å². The molecule has 4 nitrogen and oxygen atoms in total. The van der Waals surface area contributed by atoms with Crippen LogP contribution in [-0.2, 0) is 4.74 Å². The zero-order valence-corrected chi connectivity index (χ0v) is 14.4. The van der Waals surface area contributed by atoms with Gasteiger partial charge in [0.15, 0.2) is 0 Å². The third-order valence-corrected chi connectivity index (χ3v) is 4.34. The number of aliphatic hydroxyl groups is 1. The van der Waals surface area contributed by atoms with Crippen LogP contribution in [0, 0.1) is 5.92 Å². The quantitative estimate of drug-likeness (QED) is 0.594. The SMILES string of the molecule is CC(C)CCN1CCN(CCOCCCCCO)[C@@H](C)C1. The third kappa shape index (κ3) is 8.77. The molecule has 0 aliphatic carbocycles. The highest BCUT2D eigenvalue weighted by Crippen LogP contribution is 2.11. The van der Waals surface area contributed by atoms with Crippen molar-refractivity contribution in [2.75, 3.05) is 52.5 Å². The van der Waals surface area contributed by atoms with Crippen LogP contribution in [0.2, 0.25) is 0 Å². The lowest BCUT2D eigenvalue weighted by Gasteiger charge is -2.40. The monoisotopic (exact) mass is 300 g/mol. The van der Waals surface area contributed by atoms with Gasteiger partial charge >= 0.3 is 0 Å². The predicted octanol–water partition coefficient (Wildman–Crippen LogP) is 2.22. The van der Waals surface area contributed by atoms with Crippen LogP contribution in [0.1, 0.15) is 46.5 Å².